The van der Waals surface area contributed by atoms with Crippen molar-refractivity contribution in [1.82, 2.24) is 0 Å². The van der Waals surface area contributed by atoms with Crippen LogP contribution in [0.15, 0.2) is 0 Å². The normalized spacial score (nSPS) is 38.5. The molecule has 2 fully saturated rings. The van der Waals surface area contributed by atoms with E-state index in [-0.39, 0.29) is 28.5 Å². The van der Waals surface area contributed by atoms with E-state index in [0.29, 0.717) is 5.92 Å². The van der Waals surface area contributed by atoms with Crippen LogP contribution < -0.4 is 0 Å². The van der Waals surface area contributed by atoms with Crippen LogP contribution in [0.3, 0.4) is 0 Å². The molecule has 2 rings (SSSR count). The maximum Gasteiger partial charge on any atom is 0.313 e. The Balaban J connectivity index is 2.24. The molecule has 0 radical (unpaired) electrons. The fourth-order valence-corrected chi connectivity index (χ4v) is 4.11. The van der Waals surface area contributed by atoms with E-state index < -0.39 is 0 Å². The van der Waals surface area contributed by atoms with Gasteiger partial charge in [-0.25, -0.2) is 0 Å². The summed E-state index contributed by atoms with van der Waals surface area (Å²) in [4.78, 5) is 12.7. The minimum Gasteiger partial charge on any atom is -0.459 e. The summed E-state index contributed by atoms with van der Waals surface area (Å²) in [6, 6.07) is 0. The molecule has 1 aliphatic carbocycles. The highest BCUT2D eigenvalue weighted by molar-refractivity contribution is 5.80. The number of hydrogen-bond donors (Lipinski definition) is 1. The largest absolute Gasteiger partial charge is 0.459 e. The van der Waals surface area contributed by atoms with Gasteiger partial charge in [0.2, 0.25) is 0 Å². The van der Waals surface area contributed by atoms with Crippen LogP contribution in [0.4, 0.5) is 0 Å². The number of rotatable bonds is 2. The van der Waals surface area contributed by atoms with Crippen molar-refractivity contribution >= 4 is 5.97 Å². The quantitative estimate of drug-likeness (QED) is 0.786. The molecule has 20 heavy (non-hydrogen) atoms. The molecule has 1 unspecified atom stereocenters. The summed E-state index contributed by atoms with van der Waals surface area (Å²) in [6.07, 6.45) is 4.66. The summed E-state index contributed by atoms with van der Waals surface area (Å²) in [5.41, 5.74) is -0.532. The van der Waals surface area contributed by atoms with E-state index in [2.05, 4.69) is 34.6 Å². The van der Waals surface area contributed by atoms with Gasteiger partial charge in [0.15, 0.2) is 0 Å². The number of hydrogen-bond acceptors (Lipinski definition) is 3. The van der Waals surface area contributed by atoms with Crippen LogP contribution in [0.5, 0.6) is 0 Å². The third-order valence-electron chi connectivity index (χ3n) is 5.17. The molecule has 0 amide bonds. The van der Waals surface area contributed by atoms with Crippen LogP contribution >= 0.6 is 0 Å². The van der Waals surface area contributed by atoms with Crippen molar-refractivity contribution in [3.8, 4) is 0 Å². The zero-order chi connectivity index (χ0) is 15.2. The summed E-state index contributed by atoms with van der Waals surface area (Å²) in [7, 11) is 0. The number of ether oxygens (including phenoxy) is 1. The Kier molecular flexibility index (Phi) is 3.96. The number of aliphatic hydroxyl groups excluding tert-OH is 1. The first-order valence-corrected chi connectivity index (χ1v) is 8.00. The Labute approximate surface area is 123 Å². The summed E-state index contributed by atoms with van der Waals surface area (Å²) in [6.45, 7) is 10.9. The van der Waals surface area contributed by atoms with Gasteiger partial charge in [-0.05, 0) is 43.4 Å². The van der Waals surface area contributed by atoms with Gasteiger partial charge in [-0.15, -0.1) is 0 Å². The fourth-order valence-electron chi connectivity index (χ4n) is 4.11. The molecule has 0 aromatic carbocycles. The van der Waals surface area contributed by atoms with Gasteiger partial charge in [0.25, 0.3) is 0 Å². The van der Waals surface area contributed by atoms with Gasteiger partial charge in [0, 0.05) is 6.42 Å². The second kappa shape index (κ2) is 5.01. The maximum absolute atomic E-state index is 12.7. The van der Waals surface area contributed by atoms with Gasteiger partial charge in [0.05, 0.1) is 11.5 Å². The molecule has 2 aliphatic rings. The average Bonchev–Trinajstić information content (AvgIpc) is 2.56. The molecule has 1 heterocycles. The molecule has 3 nitrogen and oxygen atoms in total. The molecule has 1 N–H and O–H groups in total. The Bertz CT molecular complexity index is 372. The standard InChI is InChI=1S/C17H30O3/c1-12(2)17(10-15(3,4)5)11-16(20-14(17)19)8-6-13(18)7-9-16/h12-13,18H,6-11H2,1-5H3. The van der Waals surface area contributed by atoms with E-state index in [1.165, 1.54) is 0 Å². The lowest BCUT2D eigenvalue weighted by Gasteiger charge is -2.38. The zero-order valence-corrected chi connectivity index (χ0v) is 13.7. The van der Waals surface area contributed by atoms with Gasteiger partial charge >= 0.3 is 5.97 Å². The van der Waals surface area contributed by atoms with Gasteiger partial charge in [-0.2, -0.15) is 0 Å². The lowest BCUT2D eigenvalue weighted by atomic mass is 9.63. The molecule has 3 heteroatoms. The molecule has 1 aliphatic heterocycles. The van der Waals surface area contributed by atoms with Crippen molar-refractivity contribution in [2.75, 3.05) is 0 Å². The highest BCUT2D eigenvalue weighted by Gasteiger charge is 2.59. The number of carbonyl (C=O) groups is 1. The van der Waals surface area contributed by atoms with Crippen molar-refractivity contribution in [2.24, 2.45) is 16.7 Å². The van der Waals surface area contributed by atoms with E-state index in [4.69, 9.17) is 4.74 Å². The van der Waals surface area contributed by atoms with Crippen molar-refractivity contribution in [1.29, 1.82) is 0 Å². The highest BCUT2D eigenvalue weighted by atomic mass is 16.6. The summed E-state index contributed by atoms with van der Waals surface area (Å²) in [5.74, 6) is 0.291. The fraction of sp³-hybridized carbons (Fsp3) is 0.941. The van der Waals surface area contributed by atoms with Crippen molar-refractivity contribution in [2.45, 2.75) is 84.8 Å². The monoisotopic (exact) mass is 282 g/mol. The number of esters is 1. The lowest BCUT2D eigenvalue weighted by molar-refractivity contribution is -0.159. The Hall–Kier alpha value is -0.570. The first kappa shape index (κ1) is 15.8. The van der Waals surface area contributed by atoms with Crippen molar-refractivity contribution in [3.05, 3.63) is 0 Å². The topological polar surface area (TPSA) is 46.5 Å². The Morgan fingerprint density at radius 2 is 1.85 bits per heavy atom. The maximum atomic E-state index is 12.7. The van der Waals surface area contributed by atoms with E-state index in [0.717, 1.165) is 38.5 Å². The second-order valence-electron chi connectivity index (χ2n) is 8.53. The molecule has 116 valence electrons. The predicted octanol–water partition coefficient (Wildman–Crippen LogP) is 3.69. The van der Waals surface area contributed by atoms with E-state index >= 15 is 0 Å². The molecule has 0 bridgehead atoms. The molecular weight excluding hydrogens is 252 g/mol. The van der Waals surface area contributed by atoms with Gasteiger partial charge in [0.1, 0.15) is 5.60 Å². The highest BCUT2D eigenvalue weighted by Crippen LogP contribution is 2.55. The summed E-state index contributed by atoms with van der Waals surface area (Å²) in [5, 5.41) is 9.70. The smallest absolute Gasteiger partial charge is 0.313 e. The molecule has 0 aromatic rings. The van der Waals surface area contributed by atoms with E-state index in [9.17, 15) is 9.90 Å². The minimum atomic E-state index is -0.347. The number of carbonyl (C=O) groups excluding carboxylic acids is 1. The molecule has 1 saturated carbocycles. The van der Waals surface area contributed by atoms with E-state index in [1.807, 2.05) is 0 Å². The van der Waals surface area contributed by atoms with Crippen LogP contribution in [-0.4, -0.2) is 22.8 Å². The van der Waals surface area contributed by atoms with Crippen LogP contribution in [-0.2, 0) is 9.53 Å². The first-order valence-electron chi connectivity index (χ1n) is 8.00. The van der Waals surface area contributed by atoms with Crippen LogP contribution in [0.1, 0.15) is 73.1 Å². The van der Waals surface area contributed by atoms with E-state index in [1.54, 1.807) is 0 Å². The SMILES string of the molecule is CC(C)C1(CC(C)(C)C)CC2(CCC(O)CC2)OC1=O. The number of aliphatic hydroxyl groups is 1. The van der Waals surface area contributed by atoms with Crippen LogP contribution in [0, 0.1) is 16.7 Å². The van der Waals surface area contributed by atoms with Crippen LogP contribution in [0.2, 0.25) is 0 Å². The third kappa shape index (κ3) is 2.88. The van der Waals surface area contributed by atoms with Crippen molar-refractivity contribution in [3.63, 3.8) is 0 Å². The van der Waals surface area contributed by atoms with Gasteiger partial charge in [-0.3, -0.25) is 4.79 Å². The molecule has 0 aromatic heterocycles. The molecule has 1 saturated heterocycles. The molecular formula is C17H30O3. The van der Waals surface area contributed by atoms with Crippen LogP contribution in [0.25, 0.3) is 0 Å². The van der Waals surface area contributed by atoms with Gasteiger partial charge in [-0.1, -0.05) is 34.6 Å². The summed E-state index contributed by atoms with van der Waals surface area (Å²) >= 11 is 0. The zero-order valence-electron chi connectivity index (χ0n) is 13.7. The Morgan fingerprint density at radius 3 is 2.30 bits per heavy atom. The lowest BCUT2D eigenvalue weighted by Crippen LogP contribution is -2.38. The summed E-state index contributed by atoms with van der Waals surface area (Å²) < 4.78 is 5.91. The van der Waals surface area contributed by atoms with Gasteiger partial charge < -0.3 is 9.84 Å². The Morgan fingerprint density at radius 1 is 1.30 bits per heavy atom. The second-order valence-corrected chi connectivity index (χ2v) is 8.53. The average molecular weight is 282 g/mol. The van der Waals surface area contributed by atoms with Crippen molar-refractivity contribution < 1.29 is 14.6 Å². The third-order valence-corrected chi connectivity index (χ3v) is 5.17. The minimum absolute atomic E-state index is 0.00110. The molecule has 1 spiro atoms. The predicted molar refractivity (Wildman–Crippen MR) is 79.3 cm³/mol. The first-order chi connectivity index (χ1) is 9.09. The molecule has 1 atom stereocenters.